The molecule has 0 saturated carbocycles. The number of carboxylic acid groups (broad SMARTS) is 1. The summed E-state index contributed by atoms with van der Waals surface area (Å²) in [5.74, 6) is -2.30. The molecule has 0 aliphatic heterocycles. The Labute approximate surface area is 59.5 Å². The SMILES string of the molecule is CC(C#N)C(=O)[O-].[Li+]. The number of carbonyl (C=O) groups is 1. The smallest absolute Gasteiger partial charge is 0.549 e. The van der Waals surface area contributed by atoms with E-state index in [9.17, 15) is 9.90 Å². The zero-order valence-electron chi connectivity index (χ0n) is 4.84. The van der Waals surface area contributed by atoms with Gasteiger partial charge < -0.3 is 9.90 Å². The summed E-state index contributed by atoms with van der Waals surface area (Å²) >= 11 is 0. The van der Waals surface area contributed by atoms with Gasteiger partial charge in [0.1, 0.15) is 0 Å². The summed E-state index contributed by atoms with van der Waals surface area (Å²) in [4.78, 5) is 9.60. The van der Waals surface area contributed by atoms with Crippen LogP contribution < -0.4 is 24.0 Å². The molecule has 0 aromatic carbocycles. The average Bonchev–Trinajstić information content (AvgIpc) is 1.65. The van der Waals surface area contributed by atoms with Crippen LogP contribution in [0.5, 0.6) is 0 Å². The second kappa shape index (κ2) is 4.71. The molecular weight excluding hydrogens is 101 g/mol. The summed E-state index contributed by atoms with van der Waals surface area (Å²) in [7, 11) is 0. The third-order valence-electron chi connectivity index (χ3n) is 0.547. The van der Waals surface area contributed by atoms with E-state index in [1.54, 1.807) is 0 Å². The number of hydrogen-bond donors (Lipinski definition) is 0. The zero-order valence-corrected chi connectivity index (χ0v) is 4.84. The third kappa shape index (κ3) is 3.74. The van der Waals surface area contributed by atoms with Crippen LogP contribution in [0.4, 0.5) is 0 Å². The van der Waals surface area contributed by atoms with Crippen LogP contribution in [0.25, 0.3) is 0 Å². The fourth-order valence-corrected chi connectivity index (χ4v) is 0.0527. The third-order valence-corrected chi connectivity index (χ3v) is 0.547. The number of carbonyl (C=O) groups excluding carboxylic acids is 1. The number of rotatable bonds is 1. The van der Waals surface area contributed by atoms with E-state index < -0.39 is 11.9 Å². The summed E-state index contributed by atoms with van der Waals surface area (Å²) in [6.45, 7) is 1.27. The van der Waals surface area contributed by atoms with E-state index >= 15 is 0 Å². The van der Waals surface area contributed by atoms with Gasteiger partial charge in [0.15, 0.2) is 0 Å². The van der Waals surface area contributed by atoms with Crippen molar-refractivity contribution in [2.24, 2.45) is 5.92 Å². The molecule has 0 aromatic rings. The van der Waals surface area contributed by atoms with Crippen molar-refractivity contribution in [1.82, 2.24) is 0 Å². The molecule has 0 spiro atoms. The van der Waals surface area contributed by atoms with E-state index in [0.29, 0.717) is 0 Å². The Morgan fingerprint density at radius 2 is 2.25 bits per heavy atom. The van der Waals surface area contributed by atoms with Crippen LogP contribution in [-0.2, 0) is 4.79 Å². The molecule has 0 heterocycles. The number of nitrogens with zero attached hydrogens (tertiary/aromatic N) is 1. The summed E-state index contributed by atoms with van der Waals surface area (Å²) in [6.07, 6.45) is 0. The Morgan fingerprint density at radius 1 is 1.88 bits per heavy atom. The van der Waals surface area contributed by atoms with Gasteiger partial charge in [0.05, 0.1) is 18.0 Å². The summed E-state index contributed by atoms with van der Waals surface area (Å²) < 4.78 is 0. The minimum Gasteiger partial charge on any atom is -0.549 e. The molecule has 0 aromatic heterocycles. The Balaban J connectivity index is 0. The molecule has 0 saturated heterocycles. The maximum atomic E-state index is 9.60. The molecule has 4 heteroatoms. The Kier molecular flexibility index (Phi) is 6.19. The number of carboxylic acids is 1. The first kappa shape index (κ1) is 10.5. The van der Waals surface area contributed by atoms with Crippen LogP contribution in [0.1, 0.15) is 6.92 Å². The molecule has 0 amide bonds. The van der Waals surface area contributed by atoms with Gasteiger partial charge in [-0.3, -0.25) is 0 Å². The minimum atomic E-state index is -1.32. The second-order valence-electron chi connectivity index (χ2n) is 1.17. The van der Waals surface area contributed by atoms with Gasteiger partial charge in [-0.05, 0) is 6.92 Å². The van der Waals surface area contributed by atoms with Crippen molar-refractivity contribution in [3.8, 4) is 6.07 Å². The van der Waals surface area contributed by atoms with Crippen LogP contribution in [0, 0.1) is 17.2 Å². The number of hydrogen-bond acceptors (Lipinski definition) is 3. The van der Waals surface area contributed by atoms with Gasteiger partial charge in [-0.25, -0.2) is 0 Å². The molecule has 0 aliphatic rings. The fourth-order valence-electron chi connectivity index (χ4n) is 0.0527. The number of aliphatic carboxylic acids is 1. The Hall–Kier alpha value is -0.443. The summed E-state index contributed by atoms with van der Waals surface area (Å²) in [5, 5.41) is 17.4. The minimum absolute atomic E-state index is 0. The first-order valence-electron chi connectivity index (χ1n) is 1.79. The predicted molar refractivity (Wildman–Crippen MR) is 19.8 cm³/mol. The van der Waals surface area contributed by atoms with Crippen molar-refractivity contribution in [3.05, 3.63) is 0 Å². The Bertz CT molecular complexity index is 118. The molecule has 0 aliphatic carbocycles. The van der Waals surface area contributed by atoms with Crippen LogP contribution >= 0.6 is 0 Å². The molecular formula is C4H4LiNO2. The van der Waals surface area contributed by atoms with Gasteiger partial charge in [0.25, 0.3) is 0 Å². The topological polar surface area (TPSA) is 63.9 Å². The molecule has 3 nitrogen and oxygen atoms in total. The quantitative estimate of drug-likeness (QED) is 0.318. The molecule has 0 N–H and O–H groups in total. The molecule has 0 radical (unpaired) electrons. The van der Waals surface area contributed by atoms with Gasteiger partial charge in [0, 0.05) is 0 Å². The van der Waals surface area contributed by atoms with Gasteiger partial charge in [-0.15, -0.1) is 0 Å². The predicted octanol–water partition coefficient (Wildman–Crippen LogP) is -4.10. The van der Waals surface area contributed by atoms with Gasteiger partial charge >= 0.3 is 18.9 Å². The standard InChI is InChI=1S/C4H5NO2.Li/c1-3(2-5)4(6)7;/h3H,1H3,(H,6,7);/q;+1/p-1. The first-order chi connectivity index (χ1) is 3.18. The number of nitriles is 1. The van der Waals surface area contributed by atoms with E-state index in [1.807, 2.05) is 0 Å². The van der Waals surface area contributed by atoms with Crippen LogP contribution in [0.2, 0.25) is 0 Å². The van der Waals surface area contributed by atoms with Gasteiger partial charge in [-0.2, -0.15) is 5.26 Å². The van der Waals surface area contributed by atoms with Crippen molar-refractivity contribution in [2.75, 3.05) is 0 Å². The van der Waals surface area contributed by atoms with Crippen molar-refractivity contribution < 1.29 is 28.8 Å². The van der Waals surface area contributed by atoms with Crippen LogP contribution in [-0.4, -0.2) is 5.97 Å². The second-order valence-corrected chi connectivity index (χ2v) is 1.17. The summed E-state index contributed by atoms with van der Waals surface area (Å²) in [6, 6.07) is 1.50. The van der Waals surface area contributed by atoms with E-state index in [-0.39, 0.29) is 18.9 Å². The van der Waals surface area contributed by atoms with Crippen molar-refractivity contribution >= 4 is 5.97 Å². The van der Waals surface area contributed by atoms with Crippen LogP contribution in [0.3, 0.4) is 0 Å². The zero-order chi connectivity index (χ0) is 5.86. The van der Waals surface area contributed by atoms with Gasteiger partial charge in [-0.1, -0.05) is 0 Å². The van der Waals surface area contributed by atoms with Gasteiger partial charge in [0.2, 0.25) is 0 Å². The molecule has 0 bridgehead atoms. The maximum absolute atomic E-state index is 9.60. The monoisotopic (exact) mass is 105 g/mol. The maximum Gasteiger partial charge on any atom is 1.00 e. The molecule has 0 fully saturated rings. The molecule has 0 rings (SSSR count). The average molecular weight is 105 g/mol. The molecule has 1 unspecified atom stereocenters. The van der Waals surface area contributed by atoms with E-state index in [2.05, 4.69) is 0 Å². The molecule has 8 heavy (non-hydrogen) atoms. The summed E-state index contributed by atoms with van der Waals surface area (Å²) in [5.41, 5.74) is 0. The van der Waals surface area contributed by atoms with Crippen LogP contribution in [0.15, 0.2) is 0 Å². The van der Waals surface area contributed by atoms with Crippen molar-refractivity contribution in [1.29, 1.82) is 5.26 Å². The normalized spacial score (nSPS) is 10.5. The first-order valence-corrected chi connectivity index (χ1v) is 1.79. The Morgan fingerprint density at radius 3 is 2.25 bits per heavy atom. The fraction of sp³-hybridized carbons (Fsp3) is 0.500. The molecule has 38 valence electrons. The molecule has 1 atom stereocenters. The van der Waals surface area contributed by atoms with Crippen molar-refractivity contribution in [3.63, 3.8) is 0 Å². The van der Waals surface area contributed by atoms with E-state index in [4.69, 9.17) is 5.26 Å². The largest absolute Gasteiger partial charge is 1.00 e. The van der Waals surface area contributed by atoms with E-state index in [1.165, 1.54) is 13.0 Å². The van der Waals surface area contributed by atoms with Crippen molar-refractivity contribution in [2.45, 2.75) is 6.92 Å². The van der Waals surface area contributed by atoms with E-state index in [0.717, 1.165) is 0 Å².